The summed E-state index contributed by atoms with van der Waals surface area (Å²) in [5.41, 5.74) is 1.03. The van der Waals surface area contributed by atoms with Crippen LogP contribution in [0.4, 0.5) is 5.82 Å². The van der Waals surface area contributed by atoms with Crippen LogP contribution in [0.5, 0.6) is 5.88 Å². The molecule has 1 heterocycles. The fraction of sp³-hybridized carbons (Fsp3) is 0.750. The van der Waals surface area contributed by atoms with Gasteiger partial charge in [0.25, 0.3) is 0 Å². The Hall–Kier alpha value is -1.32. The lowest BCUT2D eigenvalue weighted by Gasteiger charge is -2.24. The van der Waals surface area contributed by atoms with Gasteiger partial charge in [0.1, 0.15) is 17.7 Å². The van der Waals surface area contributed by atoms with E-state index in [9.17, 15) is 0 Å². The minimum Gasteiger partial charge on any atom is -0.474 e. The summed E-state index contributed by atoms with van der Waals surface area (Å²) in [6.07, 6.45) is 6.50. The van der Waals surface area contributed by atoms with Crippen LogP contribution in [0.25, 0.3) is 0 Å². The molecule has 1 N–H and O–H groups in total. The highest BCUT2D eigenvalue weighted by Crippen LogP contribution is 2.28. The Bertz CT molecular complexity index is 440. The van der Waals surface area contributed by atoms with Gasteiger partial charge in [0.05, 0.1) is 5.56 Å². The van der Waals surface area contributed by atoms with Crippen LogP contribution in [-0.4, -0.2) is 22.6 Å². The van der Waals surface area contributed by atoms with Gasteiger partial charge >= 0.3 is 0 Å². The first-order valence-corrected chi connectivity index (χ1v) is 7.90. The SMILES string of the molecule is CCNc1nc(C(C)C)nc(OC2CCCCC2)c1C. The van der Waals surface area contributed by atoms with E-state index in [1.807, 2.05) is 6.92 Å². The summed E-state index contributed by atoms with van der Waals surface area (Å²) >= 11 is 0. The number of rotatable bonds is 5. The van der Waals surface area contributed by atoms with Crippen LogP contribution in [0.1, 0.15) is 70.2 Å². The van der Waals surface area contributed by atoms with E-state index < -0.39 is 0 Å². The number of aromatic nitrogens is 2. The van der Waals surface area contributed by atoms with Crippen molar-refractivity contribution in [2.75, 3.05) is 11.9 Å². The first kappa shape index (κ1) is 15.1. The molecular formula is C16H27N3O. The monoisotopic (exact) mass is 277 g/mol. The van der Waals surface area contributed by atoms with Crippen LogP contribution in [0.15, 0.2) is 0 Å². The third kappa shape index (κ3) is 3.62. The third-order valence-corrected chi connectivity index (χ3v) is 3.81. The molecule has 1 aromatic heterocycles. The average molecular weight is 277 g/mol. The van der Waals surface area contributed by atoms with Crippen LogP contribution in [-0.2, 0) is 0 Å². The maximum absolute atomic E-state index is 6.17. The normalized spacial score (nSPS) is 16.4. The number of ether oxygens (including phenoxy) is 1. The molecule has 0 atom stereocenters. The molecule has 1 aromatic rings. The first-order chi connectivity index (χ1) is 9.61. The smallest absolute Gasteiger partial charge is 0.222 e. The zero-order chi connectivity index (χ0) is 14.5. The molecular weight excluding hydrogens is 250 g/mol. The Morgan fingerprint density at radius 1 is 1.20 bits per heavy atom. The van der Waals surface area contributed by atoms with Gasteiger partial charge in [0.15, 0.2) is 0 Å². The Labute approximate surface area is 122 Å². The van der Waals surface area contributed by atoms with Crippen molar-refractivity contribution < 1.29 is 4.74 Å². The second-order valence-electron chi connectivity index (χ2n) is 5.92. The Morgan fingerprint density at radius 2 is 1.90 bits per heavy atom. The summed E-state index contributed by atoms with van der Waals surface area (Å²) in [6, 6.07) is 0. The summed E-state index contributed by atoms with van der Waals surface area (Å²) in [5.74, 6) is 2.85. The molecule has 20 heavy (non-hydrogen) atoms. The lowest BCUT2D eigenvalue weighted by molar-refractivity contribution is 0.147. The number of hydrogen-bond acceptors (Lipinski definition) is 4. The number of nitrogens with zero attached hydrogens (tertiary/aromatic N) is 2. The highest BCUT2D eigenvalue weighted by atomic mass is 16.5. The number of nitrogens with one attached hydrogen (secondary N) is 1. The van der Waals surface area contributed by atoms with E-state index in [4.69, 9.17) is 4.74 Å². The van der Waals surface area contributed by atoms with Crippen molar-refractivity contribution in [2.45, 2.75) is 71.8 Å². The van der Waals surface area contributed by atoms with Gasteiger partial charge in [-0.1, -0.05) is 20.3 Å². The second-order valence-corrected chi connectivity index (χ2v) is 5.92. The summed E-state index contributed by atoms with van der Waals surface area (Å²) in [5, 5.41) is 3.32. The standard InChI is InChI=1S/C16H27N3O/c1-5-17-15-12(4)16(19-14(18-15)11(2)3)20-13-9-7-6-8-10-13/h11,13H,5-10H2,1-4H3,(H,17,18,19). The maximum Gasteiger partial charge on any atom is 0.222 e. The van der Waals surface area contributed by atoms with Crippen LogP contribution in [0.3, 0.4) is 0 Å². The van der Waals surface area contributed by atoms with E-state index in [2.05, 4.69) is 36.1 Å². The van der Waals surface area contributed by atoms with Gasteiger partial charge in [-0.05, 0) is 39.5 Å². The van der Waals surface area contributed by atoms with Gasteiger partial charge in [-0.15, -0.1) is 0 Å². The van der Waals surface area contributed by atoms with Crippen molar-refractivity contribution >= 4 is 5.82 Å². The molecule has 0 bridgehead atoms. The molecule has 112 valence electrons. The molecule has 2 rings (SSSR count). The van der Waals surface area contributed by atoms with Crippen molar-refractivity contribution in [3.8, 4) is 5.88 Å². The highest BCUT2D eigenvalue weighted by Gasteiger charge is 2.19. The van der Waals surface area contributed by atoms with Gasteiger partial charge in [-0.25, -0.2) is 4.98 Å². The highest BCUT2D eigenvalue weighted by molar-refractivity contribution is 5.48. The lowest BCUT2D eigenvalue weighted by atomic mass is 9.98. The second kappa shape index (κ2) is 6.91. The molecule has 1 fully saturated rings. The van der Waals surface area contributed by atoms with Gasteiger partial charge in [-0.3, -0.25) is 0 Å². The molecule has 0 radical (unpaired) electrons. The molecule has 0 aromatic carbocycles. The minimum absolute atomic E-state index is 0.307. The Balaban J connectivity index is 2.24. The quantitative estimate of drug-likeness (QED) is 0.882. The van der Waals surface area contributed by atoms with Gasteiger partial charge in [0, 0.05) is 12.5 Å². The molecule has 0 amide bonds. The van der Waals surface area contributed by atoms with Crippen LogP contribution in [0.2, 0.25) is 0 Å². The minimum atomic E-state index is 0.307. The van der Waals surface area contributed by atoms with Crippen LogP contribution in [0, 0.1) is 6.92 Å². The summed E-state index contributed by atoms with van der Waals surface area (Å²) < 4.78 is 6.17. The van der Waals surface area contributed by atoms with Gasteiger partial charge in [-0.2, -0.15) is 4.98 Å². The molecule has 0 saturated heterocycles. The predicted molar refractivity (Wildman–Crippen MR) is 82.5 cm³/mol. The van der Waals surface area contributed by atoms with E-state index in [0.717, 1.165) is 42.5 Å². The molecule has 0 unspecified atom stereocenters. The van der Waals surface area contributed by atoms with E-state index in [1.54, 1.807) is 0 Å². The zero-order valence-electron chi connectivity index (χ0n) is 13.2. The molecule has 1 aliphatic rings. The van der Waals surface area contributed by atoms with Crippen molar-refractivity contribution in [2.24, 2.45) is 0 Å². The van der Waals surface area contributed by atoms with Crippen LogP contribution >= 0.6 is 0 Å². The van der Waals surface area contributed by atoms with Crippen molar-refractivity contribution in [3.05, 3.63) is 11.4 Å². The largest absolute Gasteiger partial charge is 0.474 e. The van der Waals surface area contributed by atoms with Gasteiger partial charge < -0.3 is 10.1 Å². The molecule has 4 nitrogen and oxygen atoms in total. The van der Waals surface area contributed by atoms with Crippen molar-refractivity contribution in [1.82, 2.24) is 9.97 Å². The number of hydrogen-bond donors (Lipinski definition) is 1. The predicted octanol–water partition coefficient (Wildman–Crippen LogP) is 4.05. The number of anilines is 1. The fourth-order valence-electron chi connectivity index (χ4n) is 2.57. The molecule has 4 heteroatoms. The van der Waals surface area contributed by atoms with E-state index in [0.29, 0.717) is 12.0 Å². The summed E-state index contributed by atoms with van der Waals surface area (Å²) in [6.45, 7) is 9.21. The molecule has 0 aliphatic heterocycles. The Kier molecular flexibility index (Phi) is 5.21. The third-order valence-electron chi connectivity index (χ3n) is 3.81. The van der Waals surface area contributed by atoms with Crippen molar-refractivity contribution in [1.29, 1.82) is 0 Å². The van der Waals surface area contributed by atoms with E-state index in [-0.39, 0.29) is 0 Å². The van der Waals surface area contributed by atoms with E-state index >= 15 is 0 Å². The van der Waals surface area contributed by atoms with Gasteiger partial charge in [0.2, 0.25) is 5.88 Å². The summed E-state index contributed by atoms with van der Waals surface area (Å²) in [7, 11) is 0. The fourth-order valence-corrected chi connectivity index (χ4v) is 2.57. The topological polar surface area (TPSA) is 47.0 Å². The van der Waals surface area contributed by atoms with Crippen LogP contribution < -0.4 is 10.1 Å². The Morgan fingerprint density at radius 3 is 2.50 bits per heavy atom. The summed E-state index contributed by atoms with van der Waals surface area (Å²) in [4.78, 5) is 9.25. The van der Waals surface area contributed by atoms with E-state index in [1.165, 1.54) is 19.3 Å². The molecule has 0 spiro atoms. The lowest BCUT2D eigenvalue weighted by Crippen LogP contribution is -2.21. The molecule has 1 aliphatic carbocycles. The zero-order valence-corrected chi connectivity index (χ0v) is 13.2. The maximum atomic E-state index is 6.17. The first-order valence-electron chi connectivity index (χ1n) is 7.90. The van der Waals surface area contributed by atoms with Crippen molar-refractivity contribution in [3.63, 3.8) is 0 Å². The molecule has 1 saturated carbocycles. The average Bonchev–Trinajstić information content (AvgIpc) is 2.44.